The highest BCUT2D eigenvalue weighted by atomic mass is 16.5. The Morgan fingerprint density at radius 1 is 0.341 bits per heavy atom. The lowest BCUT2D eigenvalue weighted by Gasteiger charge is -2.44. The van der Waals surface area contributed by atoms with E-state index in [1.54, 1.807) is 0 Å². The predicted molar refractivity (Wildman–Crippen MR) is 348 cm³/mol. The zero-order valence-corrected chi connectivity index (χ0v) is 50.6. The minimum Gasteiger partial charge on any atom is -0.458 e. The second-order valence-electron chi connectivity index (χ2n) is 28.1. The molecule has 0 saturated heterocycles. The smallest absolute Gasteiger partial charge is 0.256 e. The molecule has 0 N–H and O–H groups in total. The highest BCUT2D eigenvalue weighted by molar-refractivity contribution is 7.02. The molecule has 9 aromatic rings. The number of anilines is 6. The Labute approximate surface area is 487 Å². The first-order chi connectivity index (χ1) is 39.1. The van der Waals surface area contributed by atoms with E-state index in [1.165, 1.54) is 147 Å². The lowest BCUT2D eigenvalue weighted by Crippen LogP contribution is -2.63. The van der Waals surface area contributed by atoms with E-state index in [0.29, 0.717) is 0 Å². The molecule has 2 aliphatic carbocycles. The van der Waals surface area contributed by atoms with Gasteiger partial charge in [0.25, 0.3) is 13.4 Å². The molecule has 0 aromatic heterocycles. The standard InChI is InChI=1S/C76H74B2N2O2/c1-43-31-45(3)69(46(4)32-43)49-35-63-71-67(37-49)81-65-42-66-60(41-59(65)77(71)57-19-15-17-21-61(57)79(63)51-23-25-53-55(39-51)75(11,12)29-27-73(53,7)8)78-58-20-16-18-22-62(58)80(52-24-26-54-56(40-52)76(13,14)30-28-74(54,9)10)64-36-50(38-68(82-66)72(64)78)70-47(5)33-44(2)34-48(70)6/h15-26,31-42H,27-30H2,1-14H3. The summed E-state index contributed by atoms with van der Waals surface area (Å²) < 4.78 is 15.1. The Morgan fingerprint density at radius 3 is 1.10 bits per heavy atom. The molecule has 0 spiro atoms. The summed E-state index contributed by atoms with van der Waals surface area (Å²) in [4.78, 5) is 5.13. The van der Waals surface area contributed by atoms with Gasteiger partial charge in [0.05, 0.1) is 0 Å². The van der Waals surface area contributed by atoms with Crippen LogP contribution in [0, 0.1) is 41.5 Å². The molecule has 4 nitrogen and oxygen atoms in total. The fourth-order valence-electron chi connectivity index (χ4n) is 16.4. The van der Waals surface area contributed by atoms with Gasteiger partial charge in [0, 0.05) is 40.2 Å². The summed E-state index contributed by atoms with van der Waals surface area (Å²) in [6.45, 7) is 32.7. The van der Waals surface area contributed by atoms with Crippen LogP contribution in [0.3, 0.4) is 0 Å². The molecular weight excluding hydrogens is 994 g/mol. The molecule has 0 saturated carbocycles. The lowest BCUT2D eigenvalue weighted by atomic mass is 9.31. The Bertz CT molecular complexity index is 3980. The third-order valence-corrected chi connectivity index (χ3v) is 20.6. The number of hydrogen-bond acceptors (Lipinski definition) is 4. The van der Waals surface area contributed by atoms with Gasteiger partial charge in [-0.3, -0.25) is 0 Å². The number of ether oxygens (including phenoxy) is 2. The summed E-state index contributed by atoms with van der Waals surface area (Å²) in [5.41, 5.74) is 32.9. The van der Waals surface area contributed by atoms with Gasteiger partial charge >= 0.3 is 0 Å². The minimum atomic E-state index is -0.108. The largest absolute Gasteiger partial charge is 0.458 e. The summed E-state index contributed by atoms with van der Waals surface area (Å²) in [6, 6.07) is 56.7. The second-order valence-corrected chi connectivity index (χ2v) is 28.1. The van der Waals surface area contributed by atoms with Crippen molar-refractivity contribution in [3.8, 4) is 45.3 Å². The van der Waals surface area contributed by atoms with E-state index in [4.69, 9.17) is 9.47 Å². The monoisotopic (exact) mass is 1070 g/mol. The van der Waals surface area contributed by atoms with E-state index in [1.807, 2.05) is 0 Å². The van der Waals surface area contributed by atoms with Crippen LogP contribution in [0.15, 0.2) is 146 Å². The molecule has 0 radical (unpaired) electrons. The average molecular weight is 1070 g/mol. The molecule has 6 aliphatic rings. The van der Waals surface area contributed by atoms with E-state index in [0.717, 1.165) is 47.0 Å². The summed E-state index contributed by atoms with van der Waals surface area (Å²) in [7, 11) is 0. The quantitative estimate of drug-likeness (QED) is 0.164. The normalized spacial score (nSPS) is 17.4. The Morgan fingerprint density at radius 2 is 0.707 bits per heavy atom. The van der Waals surface area contributed by atoms with Crippen LogP contribution in [0.1, 0.15) is 137 Å². The third kappa shape index (κ3) is 7.44. The predicted octanol–water partition coefficient (Wildman–Crippen LogP) is 16.4. The van der Waals surface area contributed by atoms with Crippen molar-refractivity contribution in [3.05, 3.63) is 201 Å². The van der Waals surface area contributed by atoms with Gasteiger partial charge in [-0.15, -0.1) is 0 Å². The van der Waals surface area contributed by atoms with Gasteiger partial charge in [0.1, 0.15) is 23.0 Å². The average Bonchev–Trinajstić information content (AvgIpc) is 2.31. The van der Waals surface area contributed by atoms with Gasteiger partial charge in [-0.05, 0) is 249 Å². The summed E-state index contributed by atoms with van der Waals surface area (Å²) in [5, 5.41) is 0. The van der Waals surface area contributed by atoms with Crippen LogP contribution in [0.25, 0.3) is 22.3 Å². The van der Waals surface area contributed by atoms with Crippen molar-refractivity contribution in [2.45, 2.75) is 144 Å². The van der Waals surface area contributed by atoms with Crippen molar-refractivity contribution < 1.29 is 9.47 Å². The van der Waals surface area contributed by atoms with Crippen LogP contribution in [-0.2, 0) is 21.7 Å². The fourth-order valence-corrected chi connectivity index (χ4v) is 16.4. The maximum absolute atomic E-state index is 7.54. The van der Waals surface area contributed by atoms with E-state index < -0.39 is 0 Å². The minimum absolute atomic E-state index is 0.0430. The number of hydrogen-bond donors (Lipinski definition) is 0. The molecule has 82 heavy (non-hydrogen) atoms. The van der Waals surface area contributed by atoms with Crippen LogP contribution in [-0.4, -0.2) is 13.4 Å². The summed E-state index contributed by atoms with van der Waals surface area (Å²) in [6.07, 6.45) is 4.65. The van der Waals surface area contributed by atoms with E-state index in [-0.39, 0.29) is 35.1 Å². The molecule has 6 heteroatoms. The first kappa shape index (κ1) is 51.2. The molecule has 0 atom stereocenters. The van der Waals surface area contributed by atoms with Crippen molar-refractivity contribution in [3.63, 3.8) is 0 Å². The zero-order chi connectivity index (χ0) is 56.8. The molecule has 0 unspecified atom stereocenters. The van der Waals surface area contributed by atoms with Gasteiger partial charge in [0.2, 0.25) is 0 Å². The molecule has 0 bridgehead atoms. The molecule has 4 heterocycles. The van der Waals surface area contributed by atoms with Crippen LogP contribution < -0.4 is 52.1 Å². The van der Waals surface area contributed by atoms with Gasteiger partial charge < -0.3 is 19.3 Å². The Kier molecular flexibility index (Phi) is 10.9. The van der Waals surface area contributed by atoms with Crippen LogP contribution in [0.5, 0.6) is 23.0 Å². The fraction of sp³-hybridized carbons (Fsp3) is 0.289. The summed E-state index contributed by atoms with van der Waals surface area (Å²) >= 11 is 0. The van der Waals surface area contributed by atoms with Gasteiger partial charge in [-0.2, -0.15) is 0 Å². The highest BCUT2D eigenvalue weighted by Crippen LogP contribution is 2.53. The van der Waals surface area contributed by atoms with Crippen molar-refractivity contribution in [1.82, 2.24) is 0 Å². The molecule has 406 valence electrons. The number of para-hydroxylation sites is 2. The number of rotatable bonds is 4. The Balaban J connectivity index is 0.963. The maximum atomic E-state index is 7.54. The summed E-state index contributed by atoms with van der Waals surface area (Å²) in [5.74, 6) is 3.47. The molecule has 4 aliphatic heterocycles. The van der Waals surface area contributed by atoms with Crippen molar-refractivity contribution in [2.24, 2.45) is 0 Å². The molecule has 9 aromatic carbocycles. The van der Waals surface area contributed by atoms with E-state index in [2.05, 4.69) is 252 Å². The van der Waals surface area contributed by atoms with Crippen molar-refractivity contribution >= 4 is 80.3 Å². The Hall–Kier alpha value is -7.69. The molecule has 0 amide bonds. The van der Waals surface area contributed by atoms with E-state index in [9.17, 15) is 0 Å². The maximum Gasteiger partial charge on any atom is 0.256 e. The van der Waals surface area contributed by atoms with Crippen molar-refractivity contribution in [1.29, 1.82) is 0 Å². The molecule has 0 fully saturated rings. The number of benzene rings is 9. The molecule has 15 rings (SSSR count). The first-order valence-electron chi connectivity index (χ1n) is 30.2. The highest BCUT2D eigenvalue weighted by Gasteiger charge is 2.48. The van der Waals surface area contributed by atoms with Crippen LogP contribution >= 0.6 is 0 Å². The molecular formula is C76H74B2N2O2. The zero-order valence-electron chi connectivity index (χ0n) is 50.6. The van der Waals surface area contributed by atoms with Gasteiger partial charge in [0.15, 0.2) is 0 Å². The lowest BCUT2D eigenvalue weighted by molar-refractivity contribution is 0.332. The number of fused-ring (bicyclic) bond motifs is 10. The van der Waals surface area contributed by atoms with Gasteiger partial charge in [-0.1, -0.05) is 145 Å². The number of aryl methyl sites for hydroxylation is 6. The van der Waals surface area contributed by atoms with Gasteiger partial charge in [-0.25, -0.2) is 0 Å². The number of nitrogens with zero attached hydrogens (tertiary/aromatic N) is 2. The SMILES string of the molecule is Cc1cc(C)c(-c2cc3c4c(c2)N(c2ccc5c(c2)C(C)(C)CCC5(C)C)c2ccccc2B4c2cc4c(cc2O3)Oc2cc(-c3c(C)cc(C)cc3C)cc3c2B4c2ccccc2N3c2ccc3c(c2)C(C)(C)CCC3(C)C)c(C)c1. The van der Waals surface area contributed by atoms with E-state index >= 15 is 0 Å². The van der Waals surface area contributed by atoms with Crippen LogP contribution in [0.4, 0.5) is 34.1 Å². The topological polar surface area (TPSA) is 24.9 Å². The second kappa shape index (κ2) is 17.4. The first-order valence-corrected chi connectivity index (χ1v) is 30.2. The van der Waals surface area contributed by atoms with Crippen molar-refractivity contribution in [2.75, 3.05) is 9.80 Å². The van der Waals surface area contributed by atoms with Crippen LogP contribution in [0.2, 0.25) is 0 Å². The third-order valence-electron chi connectivity index (χ3n) is 20.6.